The Bertz CT molecular complexity index is 341. The molecule has 1 aliphatic carbocycles. The number of carbonyl (C=O) groups is 1. The molecule has 0 aromatic heterocycles. The first-order chi connectivity index (χ1) is 10.6. The maximum absolute atomic E-state index is 11.6. The molecule has 0 unspecified atom stereocenters. The summed E-state index contributed by atoms with van der Waals surface area (Å²) in [4.78, 5) is 17.6. The number of thioether (sulfide) groups is 1. The Balaban J connectivity index is 2.29. The maximum Gasteiger partial charge on any atom is 0.243 e. The summed E-state index contributed by atoms with van der Waals surface area (Å²) in [6.07, 6.45) is 10.2. The highest BCUT2D eigenvalue weighted by molar-refractivity contribution is 7.98. The topological polar surface area (TPSA) is 56.7 Å². The van der Waals surface area contributed by atoms with Gasteiger partial charge in [-0.15, -0.1) is 0 Å². The summed E-state index contributed by atoms with van der Waals surface area (Å²) >= 11 is 1.80. The van der Waals surface area contributed by atoms with E-state index in [0.717, 1.165) is 30.7 Å². The number of nitrogens with one attached hydrogen (secondary N) is 2. The highest BCUT2D eigenvalue weighted by atomic mass is 32.2. The molecular weight excluding hydrogens is 296 g/mol. The van der Waals surface area contributed by atoms with Gasteiger partial charge in [-0.2, -0.15) is 11.8 Å². The van der Waals surface area contributed by atoms with Gasteiger partial charge in [-0.1, -0.05) is 25.7 Å². The predicted molar refractivity (Wildman–Crippen MR) is 96.6 cm³/mol. The standard InChI is InChI=1S/C16H32N4OS/c1-20(2)15(21)13-19-16(18-11-12-22-3)17-10-6-9-14-7-4-5-8-14/h14H,4-13H2,1-3H3,(H2,17,18,19). The summed E-state index contributed by atoms with van der Waals surface area (Å²) in [7, 11) is 3.52. The number of hydrogen-bond donors (Lipinski definition) is 2. The summed E-state index contributed by atoms with van der Waals surface area (Å²) in [6.45, 7) is 1.99. The molecule has 0 aromatic carbocycles. The lowest BCUT2D eigenvalue weighted by molar-refractivity contribution is -0.127. The highest BCUT2D eigenvalue weighted by Crippen LogP contribution is 2.28. The van der Waals surface area contributed by atoms with Gasteiger partial charge in [0, 0.05) is 32.9 Å². The number of nitrogens with zero attached hydrogens (tertiary/aromatic N) is 2. The molecular formula is C16H32N4OS. The van der Waals surface area contributed by atoms with Gasteiger partial charge in [-0.25, -0.2) is 4.99 Å². The molecule has 128 valence electrons. The van der Waals surface area contributed by atoms with Crippen molar-refractivity contribution in [3.05, 3.63) is 0 Å². The Morgan fingerprint density at radius 2 is 1.91 bits per heavy atom. The Kier molecular flexibility index (Phi) is 10.1. The molecule has 0 heterocycles. The number of carbonyl (C=O) groups excluding carboxylic acids is 1. The molecule has 6 heteroatoms. The minimum absolute atomic E-state index is 0.0249. The maximum atomic E-state index is 11.6. The molecule has 0 atom stereocenters. The van der Waals surface area contributed by atoms with Crippen LogP contribution in [0.15, 0.2) is 4.99 Å². The minimum atomic E-state index is 0.0249. The normalized spacial score (nSPS) is 15.9. The smallest absolute Gasteiger partial charge is 0.243 e. The number of hydrogen-bond acceptors (Lipinski definition) is 3. The number of likely N-dealkylation sites (N-methyl/N-ethyl adjacent to an activating group) is 1. The second-order valence-corrected chi connectivity index (χ2v) is 7.08. The predicted octanol–water partition coefficient (Wildman–Crippen LogP) is 1.94. The zero-order valence-electron chi connectivity index (χ0n) is 14.4. The van der Waals surface area contributed by atoms with Crippen molar-refractivity contribution < 1.29 is 4.79 Å². The van der Waals surface area contributed by atoms with Crippen LogP contribution in [0, 0.1) is 5.92 Å². The van der Waals surface area contributed by atoms with Crippen molar-refractivity contribution in [2.45, 2.75) is 38.5 Å². The molecule has 1 fully saturated rings. The Morgan fingerprint density at radius 1 is 1.23 bits per heavy atom. The third-order valence-electron chi connectivity index (χ3n) is 4.03. The van der Waals surface area contributed by atoms with Gasteiger partial charge in [0.25, 0.3) is 0 Å². The van der Waals surface area contributed by atoms with E-state index in [0.29, 0.717) is 0 Å². The molecule has 1 amide bonds. The van der Waals surface area contributed by atoms with Crippen molar-refractivity contribution in [2.75, 3.05) is 45.7 Å². The minimum Gasteiger partial charge on any atom is -0.356 e. The number of amides is 1. The summed E-state index contributed by atoms with van der Waals surface area (Å²) in [5, 5.41) is 6.65. The van der Waals surface area contributed by atoms with Crippen LogP contribution in [0.4, 0.5) is 0 Å². The molecule has 0 saturated heterocycles. The first kappa shape index (κ1) is 19.1. The largest absolute Gasteiger partial charge is 0.356 e. The molecule has 0 spiro atoms. The van der Waals surface area contributed by atoms with E-state index < -0.39 is 0 Å². The van der Waals surface area contributed by atoms with E-state index in [4.69, 9.17) is 0 Å². The molecule has 1 aliphatic rings. The van der Waals surface area contributed by atoms with Gasteiger partial charge in [0.2, 0.25) is 5.91 Å². The molecule has 2 N–H and O–H groups in total. The van der Waals surface area contributed by atoms with Gasteiger partial charge >= 0.3 is 0 Å². The van der Waals surface area contributed by atoms with Crippen LogP contribution in [-0.4, -0.2) is 62.5 Å². The Labute approximate surface area is 139 Å². The summed E-state index contributed by atoms with van der Waals surface area (Å²) in [5.74, 6) is 2.75. The lowest BCUT2D eigenvalue weighted by atomic mass is 10.0. The fourth-order valence-electron chi connectivity index (χ4n) is 2.63. The van der Waals surface area contributed by atoms with Crippen LogP contribution in [0.3, 0.4) is 0 Å². The summed E-state index contributed by atoms with van der Waals surface area (Å²) in [6, 6.07) is 0. The van der Waals surface area contributed by atoms with Gasteiger partial charge in [0.05, 0.1) is 0 Å². The third kappa shape index (κ3) is 8.51. The van der Waals surface area contributed by atoms with Gasteiger partial charge in [0.1, 0.15) is 6.54 Å². The van der Waals surface area contributed by atoms with Gasteiger partial charge < -0.3 is 15.5 Å². The van der Waals surface area contributed by atoms with Crippen molar-refractivity contribution in [2.24, 2.45) is 10.9 Å². The van der Waals surface area contributed by atoms with Crippen LogP contribution in [0.1, 0.15) is 38.5 Å². The molecule has 0 bridgehead atoms. The van der Waals surface area contributed by atoms with E-state index in [1.165, 1.54) is 38.5 Å². The second-order valence-electron chi connectivity index (χ2n) is 6.09. The first-order valence-corrected chi connectivity index (χ1v) is 9.74. The zero-order valence-corrected chi connectivity index (χ0v) is 15.2. The van der Waals surface area contributed by atoms with Gasteiger partial charge in [0.15, 0.2) is 5.96 Å². The van der Waals surface area contributed by atoms with Crippen LogP contribution >= 0.6 is 11.8 Å². The molecule has 5 nitrogen and oxygen atoms in total. The van der Waals surface area contributed by atoms with Crippen molar-refractivity contribution in [1.29, 1.82) is 0 Å². The second kappa shape index (κ2) is 11.6. The highest BCUT2D eigenvalue weighted by Gasteiger charge is 2.14. The SMILES string of the molecule is CSCCNC(=NCC(=O)N(C)C)NCCCC1CCCC1. The summed E-state index contributed by atoms with van der Waals surface area (Å²) < 4.78 is 0. The van der Waals surface area contributed by atoms with E-state index in [-0.39, 0.29) is 12.5 Å². The Hall–Kier alpha value is -0.910. The lowest BCUT2D eigenvalue weighted by Crippen LogP contribution is -2.40. The molecule has 0 aliphatic heterocycles. The molecule has 0 radical (unpaired) electrons. The monoisotopic (exact) mass is 328 g/mol. The quantitative estimate of drug-likeness (QED) is 0.386. The van der Waals surface area contributed by atoms with Crippen LogP contribution in [0.2, 0.25) is 0 Å². The van der Waals surface area contributed by atoms with Crippen LogP contribution in [0.25, 0.3) is 0 Å². The molecule has 1 rings (SSSR count). The van der Waals surface area contributed by atoms with Crippen LogP contribution < -0.4 is 10.6 Å². The van der Waals surface area contributed by atoms with Crippen molar-refractivity contribution in [3.8, 4) is 0 Å². The van der Waals surface area contributed by atoms with E-state index in [1.54, 1.807) is 30.8 Å². The van der Waals surface area contributed by atoms with Crippen molar-refractivity contribution >= 4 is 23.6 Å². The van der Waals surface area contributed by atoms with Gasteiger partial charge in [-0.3, -0.25) is 4.79 Å². The number of guanidine groups is 1. The average molecular weight is 329 g/mol. The number of aliphatic imine (C=N–C) groups is 1. The Morgan fingerprint density at radius 3 is 2.55 bits per heavy atom. The number of rotatable bonds is 9. The van der Waals surface area contributed by atoms with Crippen LogP contribution in [0.5, 0.6) is 0 Å². The van der Waals surface area contributed by atoms with E-state index in [9.17, 15) is 4.79 Å². The first-order valence-electron chi connectivity index (χ1n) is 8.34. The van der Waals surface area contributed by atoms with Crippen molar-refractivity contribution in [3.63, 3.8) is 0 Å². The van der Waals surface area contributed by atoms with Gasteiger partial charge in [-0.05, 0) is 25.0 Å². The zero-order chi connectivity index (χ0) is 16.2. The van der Waals surface area contributed by atoms with E-state index in [1.807, 2.05) is 0 Å². The van der Waals surface area contributed by atoms with E-state index >= 15 is 0 Å². The molecule has 22 heavy (non-hydrogen) atoms. The molecule has 1 saturated carbocycles. The van der Waals surface area contributed by atoms with Crippen molar-refractivity contribution in [1.82, 2.24) is 15.5 Å². The lowest BCUT2D eigenvalue weighted by Gasteiger charge is -2.14. The third-order valence-corrected chi connectivity index (χ3v) is 4.64. The average Bonchev–Trinajstić information content (AvgIpc) is 3.01. The van der Waals surface area contributed by atoms with Crippen LogP contribution in [-0.2, 0) is 4.79 Å². The molecule has 0 aromatic rings. The fraction of sp³-hybridized carbons (Fsp3) is 0.875. The van der Waals surface area contributed by atoms with E-state index in [2.05, 4.69) is 21.9 Å². The fourth-order valence-corrected chi connectivity index (χ4v) is 2.94. The summed E-state index contributed by atoms with van der Waals surface area (Å²) in [5.41, 5.74) is 0.